The van der Waals surface area contributed by atoms with Gasteiger partial charge in [-0.3, -0.25) is 0 Å². The van der Waals surface area contributed by atoms with E-state index in [0.717, 1.165) is 5.56 Å². The highest BCUT2D eigenvalue weighted by Crippen LogP contribution is 2.30. The number of ether oxygens (including phenoxy) is 2. The summed E-state index contributed by atoms with van der Waals surface area (Å²) in [7, 11) is 1.19. The molecule has 0 aromatic heterocycles. The van der Waals surface area contributed by atoms with Crippen molar-refractivity contribution in [1.29, 1.82) is 0 Å². The van der Waals surface area contributed by atoms with Crippen LogP contribution in [0.5, 0.6) is 0 Å². The van der Waals surface area contributed by atoms with E-state index in [9.17, 15) is 19.8 Å². The summed E-state index contributed by atoms with van der Waals surface area (Å²) >= 11 is 6.05. The molecule has 28 heavy (non-hydrogen) atoms. The lowest BCUT2D eigenvalue weighted by atomic mass is 10.0. The summed E-state index contributed by atoms with van der Waals surface area (Å²) in [5, 5.41) is 22.9. The van der Waals surface area contributed by atoms with Crippen LogP contribution in [0.15, 0.2) is 42.5 Å². The summed E-state index contributed by atoms with van der Waals surface area (Å²) in [5.74, 6) is -0.709. The SMILES string of the molecule is COC(=O)c1cc(C(O)C(O)CNC(=O)OCc2ccccc2)c(Cl)cc1N. The van der Waals surface area contributed by atoms with Gasteiger partial charge >= 0.3 is 12.1 Å². The predicted octanol–water partition coefficient (Wildman–Crippen LogP) is 2.03. The molecule has 0 aliphatic heterocycles. The van der Waals surface area contributed by atoms with Crippen molar-refractivity contribution in [2.45, 2.75) is 18.8 Å². The first kappa shape index (κ1) is 21.5. The Kier molecular flexibility index (Phi) is 7.62. The Bertz CT molecular complexity index is 831. The Morgan fingerprint density at radius 3 is 2.54 bits per heavy atom. The number of esters is 1. The van der Waals surface area contributed by atoms with Crippen molar-refractivity contribution in [3.8, 4) is 0 Å². The van der Waals surface area contributed by atoms with Crippen LogP contribution in [0, 0.1) is 0 Å². The van der Waals surface area contributed by atoms with Crippen molar-refractivity contribution < 1.29 is 29.3 Å². The van der Waals surface area contributed by atoms with Crippen LogP contribution < -0.4 is 11.1 Å². The van der Waals surface area contributed by atoms with E-state index < -0.39 is 24.3 Å². The lowest BCUT2D eigenvalue weighted by Crippen LogP contribution is -2.36. The molecule has 8 nitrogen and oxygen atoms in total. The van der Waals surface area contributed by atoms with Crippen molar-refractivity contribution in [2.75, 3.05) is 19.4 Å². The molecule has 2 aromatic carbocycles. The number of halogens is 1. The number of rotatable bonds is 7. The van der Waals surface area contributed by atoms with Crippen LogP contribution in [-0.2, 0) is 16.1 Å². The monoisotopic (exact) mass is 408 g/mol. The summed E-state index contributed by atoms with van der Waals surface area (Å²) in [6.07, 6.45) is -3.64. The fourth-order valence-corrected chi connectivity index (χ4v) is 2.68. The van der Waals surface area contributed by atoms with Gasteiger partial charge in [0, 0.05) is 22.8 Å². The maximum Gasteiger partial charge on any atom is 0.407 e. The molecule has 2 unspecified atom stereocenters. The number of nitrogen functional groups attached to an aromatic ring is 1. The second kappa shape index (κ2) is 9.93. The third-order valence-corrected chi connectivity index (χ3v) is 4.25. The van der Waals surface area contributed by atoms with Gasteiger partial charge in [0.15, 0.2) is 0 Å². The first-order valence-corrected chi connectivity index (χ1v) is 8.69. The molecule has 150 valence electrons. The topological polar surface area (TPSA) is 131 Å². The number of methoxy groups -OCH3 is 1. The lowest BCUT2D eigenvalue weighted by Gasteiger charge is -2.20. The average Bonchev–Trinajstić information content (AvgIpc) is 2.70. The number of carbonyl (C=O) groups excluding carboxylic acids is 2. The zero-order valence-corrected chi connectivity index (χ0v) is 15.8. The second-order valence-corrected chi connectivity index (χ2v) is 6.31. The molecule has 0 spiro atoms. The van der Waals surface area contributed by atoms with E-state index in [1.54, 1.807) is 12.1 Å². The molecule has 0 fully saturated rings. The summed E-state index contributed by atoms with van der Waals surface area (Å²) in [5.41, 5.74) is 6.68. The van der Waals surface area contributed by atoms with Crippen molar-refractivity contribution in [2.24, 2.45) is 0 Å². The molecule has 0 aliphatic carbocycles. The number of aliphatic hydroxyl groups is 2. The molecule has 2 atom stereocenters. The van der Waals surface area contributed by atoms with Gasteiger partial charge in [0.05, 0.1) is 12.7 Å². The molecule has 0 bridgehead atoms. The Hall–Kier alpha value is -2.81. The maximum atomic E-state index is 11.7. The zero-order valence-electron chi connectivity index (χ0n) is 15.1. The molecule has 0 saturated heterocycles. The molecule has 0 saturated carbocycles. The smallest absolute Gasteiger partial charge is 0.407 e. The number of hydrogen-bond donors (Lipinski definition) is 4. The first-order valence-electron chi connectivity index (χ1n) is 8.31. The van der Waals surface area contributed by atoms with Crippen molar-refractivity contribution >= 4 is 29.4 Å². The third-order valence-electron chi connectivity index (χ3n) is 3.93. The van der Waals surface area contributed by atoms with Gasteiger partial charge in [0.25, 0.3) is 0 Å². The molecule has 5 N–H and O–H groups in total. The number of nitrogens with one attached hydrogen (secondary N) is 1. The fourth-order valence-electron chi connectivity index (χ4n) is 2.40. The largest absolute Gasteiger partial charge is 0.465 e. The fraction of sp³-hybridized carbons (Fsp3) is 0.263. The van der Waals surface area contributed by atoms with Gasteiger partial charge in [-0.15, -0.1) is 0 Å². The highest BCUT2D eigenvalue weighted by Gasteiger charge is 2.24. The summed E-state index contributed by atoms with van der Waals surface area (Å²) in [6.45, 7) is -0.235. The van der Waals surface area contributed by atoms with Gasteiger partial charge in [-0.1, -0.05) is 41.9 Å². The Labute approximate surface area is 166 Å². The number of nitrogens with two attached hydrogens (primary N) is 1. The van der Waals surface area contributed by atoms with Crippen LogP contribution in [0.2, 0.25) is 5.02 Å². The summed E-state index contributed by atoms with van der Waals surface area (Å²) in [4.78, 5) is 23.5. The standard InChI is InChI=1S/C19H21ClN2O6/c1-27-18(25)13-7-12(14(20)8-15(13)21)17(24)16(23)9-22-19(26)28-10-11-5-3-2-4-6-11/h2-8,16-17,23-24H,9-10,21H2,1H3,(H,22,26). The highest BCUT2D eigenvalue weighted by atomic mass is 35.5. The molecule has 0 aliphatic rings. The molecule has 2 rings (SSSR count). The molecule has 9 heteroatoms. The summed E-state index contributed by atoms with van der Waals surface area (Å²) in [6, 6.07) is 11.6. The molecular weight excluding hydrogens is 388 g/mol. The van der Waals surface area contributed by atoms with Gasteiger partial charge in [-0.2, -0.15) is 0 Å². The molecule has 2 aromatic rings. The number of hydrogen-bond acceptors (Lipinski definition) is 7. The minimum atomic E-state index is -1.48. The van der Waals surface area contributed by atoms with Gasteiger partial charge in [0.2, 0.25) is 0 Å². The van der Waals surface area contributed by atoms with Gasteiger partial charge in [0.1, 0.15) is 18.8 Å². The highest BCUT2D eigenvalue weighted by molar-refractivity contribution is 6.32. The van der Waals surface area contributed by atoms with Crippen molar-refractivity contribution in [3.63, 3.8) is 0 Å². The molecule has 1 amide bonds. The number of benzene rings is 2. The van der Waals surface area contributed by atoms with E-state index in [1.165, 1.54) is 19.2 Å². The average molecular weight is 409 g/mol. The minimum Gasteiger partial charge on any atom is -0.465 e. The molecule has 0 radical (unpaired) electrons. The van der Waals surface area contributed by atoms with E-state index in [1.807, 2.05) is 18.2 Å². The third kappa shape index (κ3) is 5.59. The number of alkyl carbamates (subject to hydrolysis) is 1. The Morgan fingerprint density at radius 2 is 1.89 bits per heavy atom. The van der Waals surface area contributed by atoms with Crippen LogP contribution in [0.25, 0.3) is 0 Å². The van der Waals surface area contributed by atoms with Crippen LogP contribution in [-0.4, -0.2) is 42.0 Å². The van der Waals surface area contributed by atoms with E-state index in [-0.39, 0.29) is 35.0 Å². The van der Waals surface area contributed by atoms with Crippen LogP contribution in [0.1, 0.15) is 27.6 Å². The second-order valence-electron chi connectivity index (χ2n) is 5.91. The predicted molar refractivity (Wildman–Crippen MR) is 103 cm³/mol. The number of carbonyl (C=O) groups is 2. The first-order chi connectivity index (χ1) is 13.3. The number of amides is 1. The van der Waals surface area contributed by atoms with Crippen LogP contribution >= 0.6 is 11.6 Å². The zero-order chi connectivity index (χ0) is 20.7. The maximum absolute atomic E-state index is 11.7. The normalized spacial score (nSPS) is 12.7. The Balaban J connectivity index is 1.95. The minimum absolute atomic E-state index is 0.00313. The van der Waals surface area contributed by atoms with E-state index in [2.05, 4.69) is 10.1 Å². The van der Waals surface area contributed by atoms with Crippen LogP contribution in [0.4, 0.5) is 10.5 Å². The molecule has 0 heterocycles. The van der Waals surface area contributed by atoms with Gasteiger partial charge in [-0.05, 0) is 17.7 Å². The molecular formula is C19H21ClN2O6. The summed E-state index contributed by atoms with van der Waals surface area (Å²) < 4.78 is 9.64. The van der Waals surface area contributed by atoms with Gasteiger partial charge < -0.3 is 30.7 Å². The van der Waals surface area contributed by atoms with E-state index in [0.29, 0.717) is 0 Å². The number of aliphatic hydroxyl groups excluding tert-OH is 2. The quantitative estimate of drug-likeness (QED) is 0.407. The Morgan fingerprint density at radius 1 is 1.21 bits per heavy atom. The van der Waals surface area contributed by atoms with Crippen molar-refractivity contribution in [3.05, 3.63) is 64.2 Å². The van der Waals surface area contributed by atoms with E-state index in [4.69, 9.17) is 22.1 Å². The van der Waals surface area contributed by atoms with E-state index >= 15 is 0 Å². The van der Waals surface area contributed by atoms with Crippen LogP contribution in [0.3, 0.4) is 0 Å². The van der Waals surface area contributed by atoms with Crippen molar-refractivity contribution in [1.82, 2.24) is 5.32 Å². The van der Waals surface area contributed by atoms with Gasteiger partial charge in [-0.25, -0.2) is 9.59 Å². The lowest BCUT2D eigenvalue weighted by molar-refractivity contribution is 0.0184. The number of anilines is 1.